The third kappa shape index (κ3) is 2.68. The van der Waals surface area contributed by atoms with Crippen LogP contribution in [0, 0.1) is 45.8 Å². The number of hydrogen-bond acceptors (Lipinski definition) is 7. The van der Waals surface area contributed by atoms with Crippen molar-refractivity contribution in [2.75, 3.05) is 6.61 Å². The Balaban J connectivity index is 1.38. The van der Waals surface area contributed by atoms with Crippen LogP contribution < -0.4 is 0 Å². The summed E-state index contributed by atoms with van der Waals surface area (Å²) in [4.78, 5) is 38.2. The van der Waals surface area contributed by atoms with Crippen molar-refractivity contribution in [3.05, 3.63) is 11.6 Å². The summed E-state index contributed by atoms with van der Waals surface area (Å²) in [6.45, 7) is 8.35. The van der Waals surface area contributed by atoms with Crippen LogP contribution in [0.5, 0.6) is 0 Å². The third-order valence-electron chi connectivity index (χ3n) is 10.7. The molecule has 8 nitrogen and oxygen atoms in total. The van der Waals surface area contributed by atoms with Crippen molar-refractivity contribution in [2.24, 2.45) is 45.8 Å². The second-order valence-electron chi connectivity index (χ2n) is 12.3. The molecule has 3 saturated carbocycles. The highest BCUT2D eigenvalue weighted by atomic mass is 16.8. The van der Waals surface area contributed by atoms with Crippen LogP contribution in [0.25, 0.3) is 0 Å². The van der Waals surface area contributed by atoms with Crippen LogP contribution in [-0.4, -0.2) is 54.7 Å². The molecule has 0 radical (unpaired) electrons. The van der Waals surface area contributed by atoms with Crippen LogP contribution in [0.3, 0.4) is 0 Å². The van der Waals surface area contributed by atoms with Gasteiger partial charge in [-0.1, -0.05) is 38.8 Å². The fourth-order valence-corrected chi connectivity index (χ4v) is 9.53. The van der Waals surface area contributed by atoms with E-state index in [4.69, 9.17) is 18.9 Å². The lowest BCUT2D eigenvalue weighted by atomic mass is 9.43. The summed E-state index contributed by atoms with van der Waals surface area (Å²) in [5, 5.41) is 11.0. The SMILES string of the molecule is CC(C)C1=CC2CC3(C=O)C4CCC(C)C4CC2(CO[C@H]2C[C@@H]4OC(=O)O[C@@H]4[C@@H](C)O2)C13C(=O)O. The number of aldehydes is 1. The predicted octanol–water partition coefficient (Wildman–Crippen LogP) is 3.97. The number of carboxylic acid groups (broad SMARTS) is 1. The first kappa shape index (κ1) is 23.5. The molecule has 6 rings (SSSR count). The Morgan fingerprint density at radius 1 is 1.26 bits per heavy atom. The van der Waals surface area contributed by atoms with E-state index < -0.39 is 46.9 Å². The highest BCUT2D eigenvalue weighted by Crippen LogP contribution is 2.82. The molecule has 35 heavy (non-hydrogen) atoms. The van der Waals surface area contributed by atoms with Gasteiger partial charge in [0.15, 0.2) is 12.4 Å². The van der Waals surface area contributed by atoms with Crippen LogP contribution in [-0.2, 0) is 28.5 Å². The molecule has 0 amide bonds. The fraction of sp³-hybridized carbons (Fsp3) is 0.815. The molecule has 0 aromatic heterocycles. The van der Waals surface area contributed by atoms with Gasteiger partial charge in [0.25, 0.3) is 0 Å². The lowest BCUT2D eigenvalue weighted by Gasteiger charge is -2.58. The van der Waals surface area contributed by atoms with Crippen LogP contribution in [0.4, 0.5) is 4.79 Å². The zero-order chi connectivity index (χ0) is 24.9. The highest BCUT2D eigenvalue weighted by Gasteiger charge is 2.84. The molecule has 0 aromatic carbocycles. The van der Waals surface area contributed by atoms with Crippen LogP contribution in [0.1, 0.15) is 59.8 Å². The smallest absolute Gasteiger partial charge is 0.481 e. The van der Waals surface area contributed by atoms with Crippen molar-refractivity contribution in [1.82, 2.24) is 0 Å². The third-order valence-corrected chi connectivity index (χ3v) is 10.7. The first-order valence-corrected chi connectivity index (χ1v) is 13.2. The van der Waals surface area contributed by atoms with Gasteiger partial charge in [0.2, 0.25) is 0 Å². The molecule has 5 fully saturated rings. The summed E-state index contributed by atoms with van der Waals surface area (Å²) in [6, 6.07) is 0. The molecular weight excluding hydrogens is 452 g/mol. The fourth-order valence-electron chi connectivity index (χ4n) is 9.53. The van der Waals surface area contributed by atoms with Crippen LogP contribution in [0.2, 0.25) is 0 Å². The van der Waals surface area contributed by atoms with Gasteiger partial charge in [-0.25, -0.2) is 4.79 Å². The zero-order valence-corrected chi connectivity index (χ0v) is 20.9. The van der Waals surface area contributed by atoms with Gasteiger partial charge < -0.3 is 28.8 Å². The first-order chi connectivity index (χ1) is 16.6. The van der Waals surface area contributed by atoms with E-state index >= 15 is 0 Å². The first-order valence-electron chi connectivity index (χ1n) is 13.2. The number of hydrogen-bond donors (Lipinski definition) is 1. The number of ether oxygens (including phenoxy) is 4. The Morgan fingerprint density at radius 3 is 2.71 bits per heavy atom. The summed E-state index contributed by atoms with van der Waals surface area (Å²) < 4.78 is 23.0. The molecule has 11 atom stereocenters. The van der Waals surface area contributed by atoms with E-state index in [1.807, 2.05) is 20.8 Å². The minimum atomic E-state index is -1.27. The number of fused-ring (bicyclic) bond motifs is 3. The second-order valence-corrected chi connectivity index (χ2v) is 12.3. The van der Waals surface area contributed by atoms with Gasteiger partial charge in [0.1, 0.15) is 17.8 Å². The van der Waals surface area contributed by atoms with E-state index in [-0.39, 0.29) is 30.5 Å². The largest absolute Gasteiger partial charge is 0.509 e. The number of allylic oxidation sites excluding steroid dienone is 1. The maximum atomic E-state index is 13.5. The summed E-state index contributed by atoms with van der Waals surface area (Å²) in [7, 11) is 0. The topological polar surface area (TPSA) is 108 Å². The molecule has 2 saturated heterocycles. The van der Waals surface area contributed by atoms with E-state index in [9.17, 15) is 19.5 Å². The molecule has 2 heterocycles. The quantitative estimate of drug-likeness (QED) is 0.340. The lowest BCUT2D eigenvalue weighted by molar-refractivity contribution is -0.248. The van der Waals surface area contributed by atoms with Gasteiger partial charge in [0, 0.05) is 11.8 Å². The molecule has 192 valence electrons. The molecule has 8 heteroatoms. The predicted molar refractivity (Wildman–Crippen MR) is 122 cm³/mol. The van der Waals surface area contributed by atoms with Gasteiger partial charge in [-0.05, 0) is 55.8 Å². The van der Waals surface area contributed by atoms with E-state index in [2.05, 4.69) is 13.0 Å². The second kappa shape index (κ2) is 7.54. The van der Waals surface area contributed by atoms with Crippen molar-refractivity contribution in [1.29, 1.82) is 0 Å². The molecule has 7 unspecified atom stereocenters. The Labute approximate surface area is 205 Å². The van der Waals surface area contributed by atoms with Crippen LogP contribution >= 0.6 is 0 Å². The van der Waals surface area contributed by atoms with Crippen molar-refractivity contribution < 1.29 is 38.4 Å². The molecule has 4 aliphatic carbocycles. The van der Waals surface area contributed by atoms with Crippen molar-refractivity contribution in [2.45, 2.75) is 84.4 Å². The lowest BCUT2D eigenvalue weighted by Crippen LogP contribution is -2.63. The summed E-state index contributed by atoms with van der Waals surface area (Å²) >= 11 is 0. The highest BCUT2D eigenvalue weighted by molar-refractivity contribution is 5.90. The Morgan fingerprint density at radius 2 is 2.03 bits per heavy atom. The van der Waals surface area contributed by atoms with Crippen molar-refractivity contribution in [3.63, 3.8) is 0 Å². The average molecular weight is 489 g/mol. The average Bonchev–Trinajstić information content (AvgIpc) is 3.49. The van der Waals surface area contributed by atoms with Gasteiger partial charge in [-0.3, -0.25) is 4.79 Å². The number of carbonyl (C=O) groups excluding carboxylic acids is 2. The monoisotopic (exact) mass is 488 g/mol. The van der Waals surface area contributed by atoms with E-state index in [1.54, 1.807) is 0 Å². The van der Waals surface area contributed by atoms with Gasteiger partial charge in [0.05, 0.1) is 18.1 Å². The minimum absolute atomic E-state index is 0.0206. The molecular formula is C27H36O8. The molecule has 1 N–H and O–H groups in total. The van der Waals surface area contributed by atoms with E-state index in [1.165, 1.54) is 0 Å². The molecule has 0 spiro atoms. The summed E-state index contributed by atoms with van der Waals surface area (Å²) in [5.41, 5.74) is -1.98. The number of rotatable bonds is 6. The Bertz CT molecular complexity index is 990. The number of carboxylic acids is 1. The van der Waals surface area contributed by atoms with Crippen molar-refractivity contribution >= 4 is 18.4 Å². The minimum Gasteiger partial charge on any atom is -0.481 e. The van der Waals surface area contributed by atoms with Gasteiger partial charge in [-0.15, -0.1) is 0 Å². The standard InChI is InChI=1S/C27H36O8/c1-13(2)19-7-16-9-25(11-28)18-6-5-14(3)17(18)10-26(16,27(19,25)23(29)30)12-32-21-8-20-22(15(4)33-21)35-24(31)34-20/h7,11,13-18,20-22H,5-6,8-10,12H2,1-4H3,(H,29,30)/t14?,15-,16?,17?,18?,20+,21-,22-,25?,26?,27?/m1/s1. The zero-order valence-electron chi connectivity index (χ0n) is 20.9. The Kier molecular flexibility index (Phi) is 5.06. The molecule has 4 bridgehead atoms. The molecule has 6 aliphatic rings. The van der Waals surface area contributed by atoms with E-state index in [0.717, 1.165) is 31.1 Å². The van der Waals surface area contributed by atoms with Gasteiger partial charge in [-0.2, -0.15) is 0 Å². The summed E-state index contributed by atoms with van der Waals surface area (Å²) in [6.07, 6.45) is 4.18. The van der Waals surface area contributed by atoms with Crippen LogP contribution in [0.15, 0.2) is 11.6 Å². The maximum absolute atomic E-state index is 13.5. The normalized spacial score (nSPS) is 51.5. The van der Waals surface area contributed by atoms with Gasteiger partial charge >= 0.3 is 12.1 Å². The van der Waals surface area contributed by atoms with E-state index in [0.29, 0.717) is 24.7 Å². The van der Waals surface area contributed by atoms with Crippen molar-refractivity contribution in [3.8, 4) is 0 Å². The summed E-state index contributed by atoms with van der Waals surface area (Å²) in [5.74, 6) is -0.0455. The molecule has 0 aromatic rings. The molecule has 2 aliphatic heterocycles. The maximum Gasteiger partial charge on any atom is 0.509 e. The number of aliphatic carboxylic acids is 1. The number of carbonyl (C=O) groups is 3. The Hall–Kier alpha value is -1.93.